The largest absolute Gasteiger partial charge is 0.426 e. The van der Waals surface area contributed by atoms with Crippen LogP contribution in [0.15, 0.2) is 54.6 Å². The average Bonchev–Trinajstić information content (AvgIpc) is 2.93. The Kier molecular flexibility index (Phi) is 4.08. The predicted octanol–water partition coefficient (Wildman–Crippen LogP) is 4.16. The Labute approximate surface area is 135 Å². The minimum absolute atomic E-state index is 0.171. The summed E-state index contributed by atoms with van der Waals surface area (Å²) < 4.78 is 5.52. The fourth-order valence-electron chi connectivity index (χ4n) is 2.72. The van der Waals surface area contributed by atoms with Gasteiger partial charge in [-0.3, -0.25) is 4.79 Å². The zero-order valence-corrected chi connectivity index (χ0v) is 13.2. The predicted molar refractivity (Wildman–Crippen MR) is 88.5 cm³/mol. The van der Waals surface area contributed by atoms with Crippen LogP contribution >= 0.6 is 11.6 Å². The highest BCUT2D eigenvalue weighted by molar-refractivity contribution is 6.30. The first kappa shape index (κ1) is 14.9. The van der Waals surface area contributed by atoms with E-state index in [4.69, 9.17) is 16.3 Å². The van der Waals surface area contributed by atoms with Crippen molar-refractivity contribution in [2.45, 2.75) is 13.3 Å². The van der Waals surface area contributed by atoms with Crippen molar-refractivity contribution in [1.29, 1.82) is 0 Å². The highest BCUT2D eigenvalue weighted by Gasteiger charge is 2.42. The number of hydrogen-bond donors (Lipinski definition) is 0. The van der Waals surface area contributed by atoms with Gasteiger partial charge >= 0.3 is 5.97 Å². The van der Waals surface area contributed by atoms with Gasteiger partial charge in [-0.2, -0.15) is 0 Å². The molecular weight excluding hydrogens is 298 g/mol. The lowest BCUT2D eigenvalue weighted by Gasteiger charge is -2.23. The van der Waals surface area contributed by atoms with E-state index in [-0.39, 0.29) is 5.97 Å². The van der Waals surface area contributed by atoms with E-state index in [0.29, 0.717) is 17.3 Å². The van der Waals surface area contributed by atoms with Crippen LogP contribution in [0, 0.1) is 5.41 Å². The summed E-state index contributed by atoms with van der Waals surface area (Å²) in [4.78, 5) is 14.7. The number of carbonyl (C=O) groups excluding carboxylic acids is 1. The van der Waals surface area contributed by atoms with Crippen LogP contribution in [0.1, 0.15) is 13.3 Å². The summed E-state index contributed by atoms with van der Waals surface area (Å²) in [5, 5.41) is 0.717. The van der Waals surface area contributed by atoms with Gasteiger partial charge in [0.2, 0.25) is 0 Å². The summed E-state index contributed by atoms with van der Waals surface area (Å²) in [7, 11) is 0. The lowest BCUT2D eigenvalue weighted by Crippen LogP contribution is -2.35. The van der Waals surface area contributed by atoms with Crippen molar-refractivity contribution in [3.8, 4) is 5.75 Å². The van der Waals surface area contributed by atoms with Crippen molar-refractivity contribution in [1.82, 2.24) is 0 Å². The van der Waals surface area contributed by atoms with Gasteiger partial charge in [0.05, 0.1) is 5.41 Å². The normalized spacial score (nSPS) is 20.9. The van der Waals surface area contributed by atoms with Crippen molar-refractivity contribution in [2.24, 2.45) is 5.41 Å². The van der Waals surface area contributed by atoms with Gasteiger partial charge in [-0.25, -0.2) is 0 Å². The highest BCUT2D eigenvalue weighted by Crippen LogP contribution is 2.35. The van der Waals surface area contributed by atoms with Crippen LogP contribution in [0.25, 0.3) is 0 Å². The Bertz CT molecular complexity index is 657. The van der Waals surface area contributed by atoms with Gasteiger partial charge in [0.25, 0.3) is 0 Å². The maximum atomic E-state index is 12.5. The minimum Gasteiger partial charge on any atom is -0.426 e. The first-order valence-corrected chi connectivity index (χ1v) is 7.72. The molecule has 0 amide bonds. The molecule has 0 aromatic heterocycles. The molecule has 3 rings (SSSR count). The molecule has 1 fully saturated rings. The van der Waals surface area contributed by atoms with Crippen LogP contribution in [0.3, 0.4) is 0 Å². The Morgan fingerprint density at radius 1 is 1.14 bits per heavy atom. The lowest BCUT2D eigenvalue weighted by atomic mass is 9.90. The molecular formula is C18H18ClNO2. The molecule has 2 aromatic carbocycles. The molecule has 114 valence electrons. The van der Waals surface area contributed by atoms with Gasteiger partial charge in [-0.05, 0) is 49.7 Å². The molecule has 1 aliphatic heterocycles. The summed E-state index contributed by atoms with van der Waals surface area (Å²) in [6.45, 7) is 3.45. The molecule has 4 heteroatoms. The molecule has 1 unspecified atom stereocenters. The number of nitrogens with zero attached hydrogens (tertiary/aromatic N) is 1. The molecule has 3 nitrogen and oxygen atoms in total. The van der Waals surface area contributed by atoms with Crippen molar-refractivity contribution in [3.63, 3.8) is 0 Å². The second-order valence-corrected chi connectivity index (χ2v) is 6.35. The SMILES string of the molecule is CC1(C(=O)Oc2ccccc2)CCN(c2ccc(Cl)cc2)C1. The maximum Gasteiger partial charge on any atom is 0.319 e. The second-order valence-electron chi connectivity index (χ2n) is 5.91. The van der Waals surface area contributed by atoms with E-state index in [1.165, 1.54) is 0 Å². The standard InChI is InChI=1S/C18H18ClNO2/c1-18(17(21)22-16-5-3-2-4-6-16)11-12-20(13-18)15-9-7-14(19)8-10-15/h2-10H,11-13H2,1H3. The third kappa shape index (κ3) is 3.09. The number of benzene rings is 2. The number of carbonyl (C=O) groups is 1. The quantitative estimate of drug-likeness (QED) is 0.629. The smallest absolute Gasteiger partial charge is 0.319 e. The number of rotatable bonds is 3. The third-order valence-electron chi connectivity index (χ3n) is 4.11. The number of hydrogen-bond acceptors (Lipinski definition) is 3. The van der Waals surface area contributed by atoms with Crippen LogP contribution in [0.2, 0.25) is 5.02 Å². The molecule has 1 aliphatic rings. The van der Waals surface area contributed by atoms with Crippen LogP contribution in [0.5, 0.6) is 5.75 Å². The van der Waals surface area contributed by atoms with Gasteiger partial charge in [0.1, 0.15) is 5.75 Å². The number of anilines is 1. The van der Waals surface area contributed by atoms with E-state index in [9.17, 15) is 4.79 Å². The van der Waals surface area contributed by atoms with Gasteiger partial charge in [-0.15, -0.1) is 0 Å². The first-order valence-electron chi connectivity index (χ1n) is 7.35. The molecule has 0 bridgehead atoms. The van der Waals surface area contributed by atoms with Crippen LogP contribution in [-0.4, -0.2) is 19.1 Å². The molecule has 1 atom stereocenters. The molecule has 1 heterocycles. The van der Waals surface area contributed by atoms with Crippen molar-refractivity contribution in [2.75, 3.05) is 18.0 Å². The van der Waals surface area contributed by atoms with E-state index in [0.717, 1.165) is 18.7 Å². The first-order chi connectivity index (χ1) is 10.6. The monoisotopic (exact) mass is 315 g/mol. The fraction of sp³-hybridized carbons (Fsp3) is 0.278. The topological polar surface area (TPSA) is 29.5 Å². The number of halogens is 1. The summed E-state index contributed by atoms with van der Waals surface area (Å²) in [6.07, 6.45) is 0.779. The lowest BCUT2D eigenvalue weighted by molar-refractivity contribution is -0.143. The summed E-state index contributed by atoms with van der Waals surface area (Å²) >= 11 is 5.92. The molecule has 1 saturated heterocycles. The number of para-hydroxylation sites is 1. The number of ether oxygens (including phenoxy) is 1. The Morgan fingerprint density at radius 2 is 1.82 bits per heavy atom. The van der Waals surface area contributed by atoms with E-state index in [1.807, 2.05) is 49.4 Å². The van der Waals surface area contributed by atoms with Crippen molar-refractivity contribution >= 4 is 23.3 Å². The Morgan fingerprint density at radius 3 is 2.50 bits per heavy atom. The van der Waals surface area contributed by atoms with Gasteiger partial charge in [0.15, 0.2) is 0 Å². The molecule has 0 radical (unpaired) electrons. The van der Waals surface area contributed by atoms with Gasteiger partial charge in [-0.1, -0.05) is 29.8 Å². The summed E-state index contributed by atoms with van der Waals surface area (Å²) in [6, 6.07) is 16.9. The highest BCUT2D eigenvalue weighted by atomic mass is 35.5. The van der Waals surface area contributed by atoms with Crippen LogP contribution < -0.4 is 9.64 Å². The van der Waals surface area contributed by atoms with E-state index >= 15 is 0 Å². The zero-order chi connectivity index (χ0) is 15.6. The molecule has 0 saturated carbocycles. The van der Waals surface area contributed by atoms with Crippen LogP contribution in [0.4, 0.5) is 5.69 Å². The Hall–Kier alpha value is -2.00. The summed E-state index contributed by atoms with van der Waals surface area (Å²) in [5.74, 6) is 0.425. The van der Waals surface area contributed by atoms with Gasteiger partial charge in [0, 0.05) is 23.8 Å². The van der Waals surface area contributed by atoms with E-state index in [2.05, 4.69) is 4.90 Å². The zero-order valence-electron chi connectivity index (χ0n) is 12.5. The molecule has 0 spiro atoms. The summed E-state index contributed by atoms with van der Waals surface area (Å²) in [5.41, 5.74) is 0.593. The van der Waals surface area contributed by atoms with Crippen LogP contribution in [-0.2, 0) is 4.79 Å². The average molecular weight is 316 g/mol. The Balaban J connectivity index is 1.69. The van der Waals surface area contributed by atoms with Crippen molar-refractivity contribution < 1.29 is 9.53 Å². The minimum atomic E-state index is -0.491. The second kappa shape index (κ2) is 6.01. The molecule has 2 aromatic rings. The fourth-order valence-corrected chi connectivity index (χ4v) is 2.84. The molecule has 22 heavy (non-hydrogen) atoms. The number of esters is 1. The maximum absolute atomic E-state index is 12.5. The van der Waals surface area contributed by atoms with E-state index in [1.54, 1.807) is 12.1 Å². The van der Waals surface area contributed by atoms with Crippen molar-refractivity contribution in [3.05, 3.63) is 59.6 Å². The molecule has 0 N–H and O–H groups in total. The molecule has 0 aliphatic carbocycles. The van der Waals surface area contributed by atoms with E-state index < -0.39 is 5.41 Å². The van der Waals surface area contributed by atoms with Gasteiger partial charge < -0.3 is 9.64 Å². The third-order valence-corrected chi connectivity index (χ3v) is 4.36.